The second-order valence-corrected chi connectivity index (χ2v) is 6.28. The van der Waals surface area contributed by atoms with Crippen LogP contribution in [0.15, 0.2) is 30.3 Å². The minimum atomic E-state index is -3.05. The summed E-state index contributed by atoms with van der Waals surface area (Å²) in [5, 5.41) is 8.71. The molecule has 1 aliphatic rings. The molecule has 1 aromatic carbocycles. The van der Waals surface area contributed by atoms with Crippen LogP contribution in [-0.2, 0) is 9.84 Å². The molecular formula is C11H14O3S. The van der Waals surface area contributed by atoms with Gasteiger partial charge >= 0.3 is 0 Å². The highest BCUT2D eigenvalue weighted by molar-refractivity contribution is 7.91. The maximum atomic E-state index is 11.4. The predicted molar refractivity (Wildman–Crippen MR) is 58.4 cm³/mol. The van der Waals surface area contributed by atoms with E-state index in [2.05, 4.69) is 0 Å². The summed E-state index contributed by atoms with van der Waals surface area (Å²) in [5.41, 5.74) is 1.01. The minimum absolute atomic E-state index is 0.0220. The topological polar surface area (TPSA) is 54.4 Å². The van der Waals surface area contributed by atoms with Gasteiger partial charge in [-0.25, -0.2) is 8.42 Å². The summed E-state index contributed by atoms with van der Waals surface area (Å²) in [6, 6.07) is 9.51. The molecule has 0 heterocycles. The summed E-state index contributed by atoms with van der Waals surface area (Å²) in [5.74, 6) is -0.145. The number of benzene rings is 1. The Bertz CT molecular complexity index is 438. The van der Waals surface area contributed by atoms with Crippen LogP contribution in [0.1, 0.15) is 11.5 Å². The van der Waals surface area contributed by atoms with Gasteiger partial charge in [0.2, 0.25) is 0 Å². The molecule has 0 radical (unpaired) electrons. The summed E-state index contributed by atoms with van der Waals surface area (Å²) < 4.78 is 22.9. The Morgan fingerprint density at radius 1 is 1.27 bits per heavy atom. The first-order valence-corrected chi connectivity index (χ1v) is 6.86. The fourth-order valence-electron chi connectivity index (χ4n) is 2.26. The minimum Gasteiger partial charge on any atom is -0.396 e. The van der Waals surface area contributed by atoms with Crippen LogP contribution in [-0.4, -0.2) is 31.6 Å². The standard InChI is InChI=1S/C11H14O3S/c1-15(13,14)11-9(7-12)10(11)8-5-3-2-4-6-8/h2-6,9-12H,7H2,1H3/t9-,10-,11+/m0/s1. The number of aliphatic hydroxyl groups is 1. The molecule has 1 saturated carbocycles. The van der Waals surface area contributed by atoms with Crippen LogP contribution < -0.4 is 0 Å². The van der Waals surface area contributed by atoms with Gasteiger partial charge in [0.1, 0.15) is 0 Å². The molecule has 0 saturated heterocycles. The average Bonchev–Trinajstić information content (AvgIpc) is 2.92. The maximum absolute atomic E-state index is 11.4. The zero-order valence-corrected chi connectivity index (χ0v) is 9.31. The van der Waals surface area contributed by atoms with E-state index in [9.17, 15) is 8.42 Å². The van der Waals surface area contributed by atoms with Gasteiger partial charge in [0, 0.05) is 24.7 Å². The summed E-state index contributed by atoms with van der Waals surface area (Å²) in [4.78, 5) is 0. The van der Waals surface area contributed by atoms with Gasteiger partial charge in [0.15, 0.2) is 9.84 Å². The Morgan fingerprint density at radius 2 is 1.87 bits per heavy atom. The van der Waals surface area contributed by atoms with Crippen molar-refractivity contribution in [1.29, 1.82) is 0 Å². The molecule has 3 nitrogen and oxygen atoms in total. The first-order valence-electron chi connectivity index (χ1n) is 4.90. The largest absolute Gasteiger partial charge is 0.396 e. The van der Waals surface area contributed by atoms with Crippen molar-refractivity contribution < 1.29 is 13.5 Å². The van der Waals surface area contributed by atoms with E-state index in [0.29, 0.717) is 0 Å². The van der Waals surface area contributed by atoms with Gasteiger partial charge in [0.05, 0.1) is 5.25 Å². The average molecular weight is 226 g/mol. The van der Waals surface area contributed by atoms with Gasteiger partial charge in [-0.3, -0.25) is 0 Å². The lowest BCUT2D eigenvalue weighted by Crippen LogP contribution is -2.07. The Kier molecular flexibility index (Phi) is 2.56. The summed E-state index contributed by atoms with van der Waals surface area (Å²) >= 11 is 0. The summed E-state index contributed by atoms with van der Waals surface area (Å²) in [7, 11) is -3.05. The molecular weight excluding hydrogens is 212 g/mol. The quantitative estimate of drug-likeness (QED) is 0.829. The van der Waals surface area contributed by atoms with E-state index in [0.717, 1.165) is 5.56 Å². The van der Waals surface area contributed by atoms with Gasteiger partial charge in [-0.05, 0) is 5.56 Å². The van der Waals surface area contributed by atoms with Crippen molar-refractivity contribution in [3.8, 4) is 0 Å². The maximum Gasteiger partial charge on any atom is 0.151 e. The van der Waals surface area contributed by atoms with Crippen molar-refractivity contribution in [1.82, 2.24) is 0 Å². The van der Waals surface area contributed by atoms with Crippen LogP contribution in [0, 0.1) is 5.92 Å². The first kappa shape index (κ1) is 10.6. The molecule has 0 aliphatic heterocycles. The number of hydrogen-bond donors (Lipinski definition) is 1. The van der Waals surface area contributed by atoms with Crippen molar-refractivity contribution in [3.63, 3.8) is 0 Å². The van der Waals surface area contributed by atoms with Crippen LogP contribution in [0.4, 0.5) is 0 Å². The molecule has 1 aliphatic carbocycles. The lowest BCUT2D eigenvalue weighted by atomic mass is 10.1. The normalized spacial score (nSPS) is 30.1. The fourth-order valence-corrected chi connectivity index (χ4v) is 3.95. The molecule has 1 fully saturated rings. The van der Waals surface area contributed by atoms with Crippen molar-refractivity contribution in [3.05, 3.63) is 35.9 Å². The Balaban J connectivity index is 2.27. The molecule has 3 atom stereocenters. The highest BCUT2D eigenvalue weighted by Gasteiger charge is 2.56. The van der Waals surface area contributed by atoms with Crippen LogP contribution in [0.5, 0.6) is 0 Å². The van der Waals surface area contributed by atoms with Crippen molar-refractivity contribution in [2.45, 2.75) is 11.2 Å². The number of sulfone groups is 1. The third kappa shape index (κ3) is 1.92. The summed E-state index contributed by atoms with van der Waals surface area (Å²) in [6.45, 7) is -0.0582. The molecule has 2 rings (SSSR count). The predicted octanol–water partition coefficient (Wildman–Crippen LogP) is 0.805. The Morgan fingerprint density at radius 3 is 2.27 bits per heavy atom. The Labute approximate surface area is 89.7 Å². The van der Waals surface area contributed by atoms with Gasteiger partial charge < -0.3 is 5.11 Å². The molecule has 4 heteroatoms. The molecule has 1 N–H and O–H groups in total. The van der Waals surface area contributed by atoms with Crippen molar-refractivity contribution >= 4 is 9.84 Å². The van der Waals surface area contributed by atoms with Gasteiger partial charge in [-0.1, -0.05) is 30.3 Å². The van der Waals surface area contributed by atoms with Crippen LogP contribution in [0.2, 0.25) is 0 Å². The fraction of sp³-hybridized carbons (Fsp3) is 0.455. The van der Waals surface area contributed by atoms with E-state index in [-0.39, 0.29) is 18.4 Å². The third-order valence-corrected chi connectivity index (χ3v) is 4.62. The zero-order chi connectivity index (χ0) is 11.1. The molecule has 1 aromatic rings. The van der Waals surface area contributed by atoms with Crippen molar-refractivity contribution in [2.24, 2.45) is 5.92 Å². The molecule has 0 spiro atoms. The van der Waals surface area contributed by atoms with E-state index in [4.69, 9.17) is 5.11 Å². The van der Waals surface area contributed by atoms with Crippen LogP contribution in [0.3, 0.4) is 0 Å². The van der Waals surface area contributed by atoms with E-state index >= 15 is 0 Å². The molecule has 0 unspecified atom stereocenters. The lowest BCUT2D eigenvalue weighted by Gasteiger charge is -1.97. The SMILES string of the molecule is CS(=O)(=O)[C@@H]1[C@@H](CO)[C@@H]1c1ccccc1. The van der Waals surface area contributed by atoms with Crippen molar-refractivity contribution in [2.75, 3.05) is 12.9 Å². The molecule has 82 valence electrons. The van der Waals surface area contributed by atoms with E-state index in [1.165, 1.54) is 6.26 Å². The number of rotatable bonds is 3. The monoisotopic (exact) mass is 226 g/mol. The first-order chi connectivity index (χ1) is 7.05. The summed E-state index contributed by atoms with van der Waals surface area (Å²) in [6.07, 6.45) is 1.24. The highest BCUT2D eigenvalue weighted by Crippen LogP contribution is 2.51. The number of hydrogen-bond acceptors (Lipinski definition) is 3. The molecule has 0 amide bonds. The lowest BCUT2D eigenvalue weighted by molar-refractivity contribution is 0.274. The number of aliphatic hydroxyl groups excluding tert-OH is 1. The smallest absolute Gasteiger partial charge is 0.151 e. The molecule has 0 bridgehead atoms. The third-order valence-electron chi connectivity index (χ3n) is 2.99. The molecule has 15 heavy (non-hydrogen) atoms. The second kappa shape index (κ2) is 3.61. The Hall–Kier alpha value is -0.870. The van der Waals surface area contributed by atoms with Crippen LogP contribution >= 0.6 is 0 Å². The second-order valence-electron chi connectivity index (χ2n) is 4.08. The highest BCUT2D eigenvalue weighted by atomic mass is 32.2. The van der Waals surface area contributed by atoms with E-state index in [1.807, 2.05) is 30.3 Å². The van der Waals surface area contributed by atoms with Gasteiger partial charge in [0.25, 0.3) is 0 Å². The zero-order valence-electron chi connectivity index (χ0n) is 8.50. The van der Waals surface area contributed by atoms with E-state index in [1.54, 1.807) is 0 Å². The van der Waals surface area contributed by atoms with Gasteiger partial charge in [-0.15, -0.1) is 0 Å². The van der Waals surface area contributed by atoms with E-state index < -0.39 is 15.1 Å². The van der Waals surface area contributed by atoms with Gasteiger partial charge in [-0.2, -0.15) is 0 Å². The molecule has 0 aromatic heterocycles. The van der Waals surface area contributed by atoms with Crippen LogP contribution in [0.25, 0.3) is 0 Å².